The molecule has 4 bridgehead atoms. The van der Waals surface area contributed by atoms with Gasteiger partial charge in [0.05, 0.1) is 12.5 Å². The van der Waals surface area contributed by atoms with Crippen molar-refractivity contribution in [1.29, 1.82) is 0 Å². The van der Waals surface area contributed by atoms with Gasteiger partial charge in [-0.05, 0) is 75.5 Å². The Bertz CT molecular complexity index is 766. The van der Waals surface area contributed by atoms with Gasteiger partial charge in [0.1, 0.15) is 0 Å². The minimum atomic E-state index is 0.118. The van der Waals surface area contributed by atoms with Crippen molar-refractivity contribution >= 4 is 17.2 Å². The van der Waals surface area contributed by atoms with Gasteiger partial charge in [0.25, 0.3) is 0 Å². The summed E-state index contributed by atoms with van der Waals surface area (Å²) in [6, 6.07) is 0.485. The topological polar surface area (TPSA) is 46.4 Å². The van der Waals surface area contributed by atoms with Crippen molar-refractivity contribution in [2.45, 2.75) is 109 Å². The van der Waals surface area contributed by atoms with Crippen LogP contribution in [0.3, 0.4) is 0 Å². The first-order chi connectivity index (χ1) is 14.1. The number of hydrogen-bond acceptors (Lipinski definition) is 3. The van der Waals surface area contributed by atoms with Gasteiger partial charge < -0.3 is 9.88 Å². The van der Waals surface area contributed by atoms with E-state index in [1.807, 2.05) is 0 Å². The van der Waals surface area contributed by atoms with Crippen LogP contribution in [0.1, 0.15) is 89.7 Å². The average Bonchev–Trinajstić information content (AvgIpc) is 3.02. The second kappa shape index (κ2) is 8.20. The number of amides is 1. The van der Waals surface area contributed by atoms with Gasteiger partial charge in [-0.15, -0.1) is 11.3 Å². The maximum absolute atomic E-state index is 13.1. The predicted octanol–water partition coefficient (Wildman–Crippen LogP) is 4.82. The molecule has 29 heavy (non-hydrogen) atoms. The van der Waals surface area contributed by atoms with Gasteiger partial charge in [-0.3, -0.25) is 9.79 Å². The summed E-state index contributed by atoms with van der Waals surface area (Å²) < 4.78 is 2.33. The fraction of sp³-hybridized carbons (Fsp3) is 0.833. The maximum Gasteiger partial charge on any atom is 0.226 e. The van der Waals surface area contributed by atoms with Gasteiger partial charge >= 0.3 is 0 Å². The number of carbonyl (C=O) groups is 1. The molecule has 4 nitrogen and oxygen atoms in total. The molecule has 0 unspecified atom stereocenters. The van der Waals surface area contributed by atoms with Gasteiger partial charge in [0, 0.05) is 23.2 Å². The number of rotatable bonds is 6. The van der Waals surface area contributed by atoms with Crippen LogP contribution in [-0.2, 0) is 17.8 Å². The largest absolute Gasteiger partial charge is 0.350 e. The molecule has 1 heterocycles. The summed E-state index contributed by atoms with van der Waals surface area (Å²) in [5.41, 5.74) is 1.28. The molecule has 1 amide bonds. The minimum Gasteiger partial charge on any atom is -0.350 e. The van der Waals surface area contributed by atoms with Gasteiger partial charge in [0.15, 0.2) is 4.80 Å². The standard InChI is InChI=1S/C24H37N3OS/c1-2-8-27-21(16-29-23(27)25-20-6-4-3-5-7-20)12-22(28)26-24-13-17-9-18(14-24)11-19(10-17)15-24/h16-20H,2-15H2,1H3,(H,26,28). The van der Waals surface area contributed by atoms with E-state index in [0.29, 0.717) is 12.5 Å². The number of hydrogen-bond donors (Lipinski definition) is 1. The van der Waals surface area contributed by atoms with Gasteiger partial charge in [-0.2, -0.15) is 0 Å². The Kier molecular flexibility index (Phi) is 5.61. The van der Waals surface area contributed by atoms with E-state index >= 15 is 0 Å². The quantitative estimate of drug-likeness (QED) is 0.711. The summed E-state index contributed by atoms with van der Waals surface area (Å²) in [5, 5.41) is 5.75. The molecule has 0 radical (unpaired) electrons. The Morgan fingerprint density at radius 3 is 2.41 bits per heavy atom. The zero-order valence-corrected chi connectivity index (χ0v) is 18.8. The molecule has 0 atom stereocenters. The first-order valence-electron chi connectivity index (χ1n) is 12.1. The van der Waals surface area contributed by atoms with E-state index in [0.717, 1.165) is 41.2 Å². The SMILES string of the molecule is CCCn1c(CC(=O)NC23CC4CC(CC(C4)C2)C3)csc1=NC1CCCCC1. The summed E-state index contributed by atoms with van der Waals surface area (Å²) >= 11 is 1.74. The molecular formula is C24H37N3OS. The third kappa shape index (κ3) is 4.22. The third-order valence-electron chi connectivity index (χ3n) is 7.98. The second-order valence-electron chi connectivity index (χ2n) is 10.5. The van der Waals surface area contributed by atoms with Crippen molar-refractivity contribution in [2.75, 3.05) is 0 Å². The molecule has 6 rings (SSSR count). The smallest absolute Gasteiger partial charge is 0.226 e. The summed E-state index contributed by atoms with van der Waals surface area (Å²) in [6.07, 6.45) is 16.0. The van der Waals surface area contributed by atoms with Crippen LogP contribution in [-0.4, -0.2) is 22.1 Å². The third-order valence-corrected chi connectivity index (χ3v) is 8.90. The average molecular weight is 416 g/mol. The maximum atomic E-state index is 13.1. The Hall–Kier alpha value is -1.10. The first kappa shape index (κ1) is 19.8. The van der Waals surface area contributed by atoms with E-state index < -0.39 is 0 Å². The first-order valence-corrected chi connectivity index (χ1v) is 13.0. The second-order valence-corrected chi connectivity index (χ2v) is 11.3. The zero-order valence-electron chi connectivity index (χ0n) is 18.0. The molecule has 5 aliphatic rings. The Morgan fingerprint density at radius 2 is 1.79 bits per heavy atom. The highest BCUT2D eigenvalue weighted by atomic mass is 32.1. The van der Waals surface area contributed by atoms with E-state index in [2.05, 4.69) is 22.2 Å². The molecule has 5 heteroatoms. The van der Waals surface area contributed by atoms with E-state index in [-0.39, 0.29) is 11.4 Å². The van der Waals surface area contributed by atoms with Gasteiger partial charge in [-0.1, -0.05) is 26.2 Å². The molecule has 5 aliphatic carbocycles. The summed E-state index contributed by atoms with van der Waals surface area (Å²) in [7, 11) is 0. The van der Waals surface area contributed by atoms with Crippen LogP contribution >= 0.6 is 11.3 Å². The van der Waals surface area contributed by atoms with Crippen LogP contribution in [0, 0.1) is 17.8 Å². The zero-order chi connectivity index (χ0) is 19.8. The lowest BCUT2D eigenvalue weighted by Crippen LogP contribution is -2.60. The van der Waals surface area contributed by atoms with Crippen molar-refractivity contribution in [2.24, 2.45) is 22.7 Å². The number of aromatic nitrogens is 1. The van der Waals surface area contributed by atoms with E-state index in [9.17, 15) is 4.79 Å². The lowest BCUT2D eigenvalue weighted by atomic mass is 9.53. The highest BCUT2D eigenvalue weighted by Gasteiger charge is 2.51. The molecule has 0 aliphatic heterocycles. The lowest BCUT2D eigenvalue weighted by molar-refractivity contribution is -0.126. The van der Waals surface area contributed by atoms with Crippen LogP contribution in [0.4, 0.5) is 0 Å². The molecule has 160 valence electrons. The Balaban J connectivity index is 1.30. The van der Waals surface area contributed by atoms with Crippen molar-refractivity contribution in [1.82, 2.24) is 9.88 Å². The fourth-order valence-electron chi connectivity index (χ4n) is 7.21. The molecule has 1 aromatic rings. The molecule has 1 aromatic heterocycles. The molecule has 0 spiro atoms. The van der Waals surface area contributed by atoms with Crippen molar-refractivity contribution in [3.63, 3.8) is 0 Å². The molecule has 5 fully saturated rings. The van der Waals surface area contributed by atoms with Crippen LogP contribution in [0.15, 0.2) is 10.4 Å². The van der Waals surface area contributed by atoms with E-state index in [4.69, 9.17) is 4.99 Å². The van der Waals surface area contributed by atoms with Gasteiger partial charge in [-0.25, -0.2) is 0 Å². The number of nitrogens with one attached hydrogen (secondary N) is 1. The van der Waals surface area contributed by atoms with Crippen molar-refractivity contribution < 1.29 is 4.79 Å². The normalized spacial score (nSPS) is 34.7. The van der Waals surface area contributed by atoms with Crippen LogP contribution < -0.4 is 10.1 Å². The Labute approximate surface area is 179 Å². The number of thiazole rings is 1. The van der Waals surface area contributed by atoms with Gasteiger partial charge in [0.2, 0.25) is 5.91 Å². The fourth-order valence-corrected chi connectivity index (χ4v) is 8.20. The van der Waals surface area contributed by atoms with E-state index in [1.165, 1.54) is 70.6 Å². The van der Waals surface area contributed by atoms with Crippen LogP contribution in [0.5, 0.6) is 0 Å². The van der Waals surface area contributed by atoms with Crippen molar-refractivity contribution in [3.8, 4) is 0 Å². The lowest BCUT2D eigenvalue weighted by Gasteiger charge is -2.56. The summed E-state index contributed by atoms with van der Waals surface area (Å²) in [6.45, 7) is 3.18. The molecule has 5 saturated carbocycles. The summed E-state index contributed by atoms with van der Waals surface area (Å²) in [5.74, 6) is 2.84. The molecule has 1 N–H and O–H groups in total. The monoisotopic (exact) mass is 415 g/mol. The molecule has 0 saturated heterocycles. The highest BCUT2D eigenvalue weighted by molar-refractivity contribution is 7.07. The van der Waals surface area contributed by atoms with E-state index in [1.54, 1.807) is 11.3 Å². The molecular weight excluding hydrogens is 378 g/mol. The summed E-state index contributed by atoms with van der Waals surface area (Å²) in [4.78, 5) is 19.3. The van der Waals surface area contributed by atoms with Crippen LogP contribution in [0.2, 0.25) is 0 Å². The predicted molar refractivity (Wildman–Crippen MR) is 118 cm³/mol. The van der Waals surface area contributed by atoms with Crippen LogP contribution in [0.25, 0.3) is 0 Å². The minimum absolute atomic E-state index is 0.118. The Morgan fingerprint density at radius 1 is 1.14 bits per heavy atom. The number of carbonyl (C=O) groups excluding carboxylic acids is 1. The number of nitrogens with zero attached hydrogens (tertiary/aromatic N) is 2. The van der Waals surface area contributed by atoms with Crippen molar-refractivity contribution in [3.05, 3.63) is 15.9 Å². The molecule has 0 aromatic carbocycles. The highest BCUT2D eigenvalue weighted by Crippen LogP contribution is 2.55.